The molecule has 0 saturated heterocycles. The SMILES string of the molecule is ClCC#Cc1csc2ccccc12. The molecule has 0 N–H and O–H groups in total. The molecule has 2 heteroatoms. The molecular weight excluding hydrogens is 200 g/mol. The van der Waals surface area contributed by atoms with Gasteiger partial charge in [-0.2, -0.15) is 0 Å². The van der Waals surface area contributed by atoms with Crippen molar-refractivity contribution < 1.29 is 0 Å². The normalized spacial score (nSPS) is 9.62. The van der Waals surface area contributed by atoms with Crippen molar-refractivity contribution in [1.29, 1.82) is 0 Å². The Morgan fingerprint density at radius 2 is 2.15 bits per heavy atom. The molecular formula is C11H7ClS. The smallest absolute Gasteiger partial charge is 0.0839 e. The highest BCUT2D eigenvalue weighted by atomic mass is 35.5. The van der Waals surface area contributed by atoms with E-state index < -0.39 is 0 Å². The molecule has 0 bridgehead atoms. The third-order valence-corrected chi connectivity index (χ3v) is 2.87. The first-order valence-electron chi connectivity index (χ1n) is 3.93. The van der Waals surface area contributed by atoms with Crippen LogP contribution in [0.1, 0.15) is 5.56 Å². The lowest BCUT2D eigenvalue weighted by molar-refractivity contribution is 1.81. The van der Waals surface area contributed by atoms with E-state index in [4.69, 9.17) is 11.6 Å². The molecule has 0 atom stereocenters. The van der Waals surface area contributed by atoms with Crippen LogP contribution in [0.4, 0.5) is 0 Å². The number of hydrogen-bond donors (Lipinski definition) is 0. The van der Waals surface area contributed by atoms with E-state index in [2.05, 4.69) is 29.4 Å². The van der Waals surface area contributed by atoms with Gasteiger partial charge in [0, 0.05) is 21.0 Å². The summed E-state index contributed by atoms with van der Waals surface area (Å²) in [6.45, 7) is 0. The Bertz CT molecular complexity index is 473. The van der Waals surface area contributed by atoms with Crippen molar-refractivity contribution in [3.63, 3.8) is 0 Å². The molecule has 0 saturated carbocycles. The highest BCUT2D eigenvalue weighted by Gasteiger charge is 1.98. The van der Waals surface area contributed by atoms with Crippen LogP contribution in [0.25, 0.3) is 10.1 Å². The molecule has 0 spiro atoms. The van der Waals surface area contributed by atoms with Crippen LogP contribution in [0.2, 0.25) is 0 Å². The third kappa shape index (κ3) is 1.70. The van der Waals surface area contributed by atoms with Gasteiger partial charge >= 0.3 is 0 Å². The van der Waals surface area contributed by atoms with Gasteiger partial charge in [0.05, 0.1) is 5.88 Å². The van der Waals surface area contributed by atoms with Gasteiger partial charge in [-0.15, -0.1) is 22.9 Å². The number of alkyl halides is 1. The average Bonchev–Trinajstić information content (AvgIpc) is 2.58. The summed E-state index contributed by atoms with van der Waals surface area (Å²) < 4.78 is 1.28. The van der Waals surface area contributed by atoms with Crippen molar-refractivity contribution in [2.45, 2.75) is 0 Å². The molecule has 0 amide bonds. The summed E-state index contributed by atoms with van der Waals surface area (Å²) in [7, 11) is 0. The Balaban J connectivity index is 2.58. The van der Waals surface area contributed by atoms with E-state index in [1.54, 1.807) is 11.3 Å². The molecule has 2 rings (SSSR count). The predicted molar refractivity (Wildman–Crippen MR) is 59.4 cm³/mol. The van der Waals surface area contributed by atoms with Crippen molar-refractivity contribution in [3.8, 4) is 11.8 Å². The Kier molecular flexibility index (Phi) is 2.54. The molecule has 2 aromatic rings. The predicted octanol–water partition coefficient (Wildman–Crippen LogP) is 3.49. The lowest BCUT2D eigenvalue weighted by atomic mass is 10.2. The van der Waals surface area contributed by atoms with Gasteiger partial charge in [-0.3, -0.25) is 0 Å². The molecule has 0 fully saturated rings. The van der Waals surface area contributed by atoms with Crippen LogP contribution in [0.3, 0.4) is 0 Å². The largest absolute Gasteiger partial charge is 0.142 e. The monoisotopic (exact) mass is 206 g/mol. The quantitative estimate of drug-likeness (QED) is 0.457. The first-order valence-corrected chi connectivity index (χ1v) is 5.34. The van der Waals surface area contributed by atoms with E-state index in [0.29, 0.717) is 5.88 Å². The maximum Gasteiger partial charge on any atom is 0.0839 e. The summed E-state index contributed by atoms with van der Waals surface area (Å²) in [5.41, 5.74) is 1.08. The zero-order chi connectivity index (χ0) is 9.10. The maximum absolute atomic E-state index is 5.50. The molecule has 0 unspecified atom stereocenters. The molecule has 1 heterocycles. The first-order chi connectivity index (χ1) is 6.42. The van der Waals surface area contributed by atoms with Gasteiger partial charge in [-0.1, -0.05) is 30.0 Å². The fourth-order valence-electron chi connectivity index (χ4n) is 1.20. The summed E-state index contributed by atoms with van der Waals surface area (Å²) in [4.78, 5) is 0. The van der Waals surface area contributed by atoms with E-state index >= 15 is 0 Å². The van der Waals surface area contributed by atoms with E-state index in [1.165, 1.54) is 10.1 Å². The average molecular weight is 207 g/mol. The molecule has 0 aliphatic rings. The van der Waals surface area contributed by atoms with Gasteiger partial charge in [0.2, 0.25) is 0 Å². The van der Waals surface area contributed by atoms with Gasteiger partial charge in [0.25, 0.3) is 0 Å². The Labute approximate surface area is 86.2 Å². The summed E-state index contributed by atoms with van der Waals surface area (Å²) in [6.07, 6.45) is 0. The van der Waals surface area contributed by atoms with Gasteiger partial charge < -0.3 is 0 Å². The summed E-state index contributed by atoms with van der Waals surface area (Å²) in [6, 6.07) is 8.26. The Hall–Kier alpha value is -0.970. The molecule has 64 valence electrons. The standard InChI is InChI=1S/C11H7ClS/c12-7-3-4-9-8-13-11-6-2-1-5-10(9)11/h1-2,5-6,8H,7H2. The molecule has 0 nitrogen and oxygen atoms in total. The number of hydrogen-bond acceptors (Lipinski definition) is 1. The topological polar surface area (TPSA) is 0 Å². The van der Waals surface area contributed by atoms with Crippen molar-refractivity contribution in [3.05, 3.63) is 35.2 Å². The van der Waals surface area contributed by atoms with E-state index in [-0.39, 0.29) is 0 Å². The summed E-state index contributed by atoms with van der Waals surface area (Å²) in [5.74, 6) is 6.30. The number of halogens is 1. The fraction of sp³-hybridized carbons (Fsp3) is 0.0909. The lowest BCUT2D eigenvalue weighted by Gasteiger charge is -1.87. The first kappa shape index (κ1) is 8.62. The van der Waals surface area contributed by atoms with Crippen LogP contribution < -0.4 is 0 Å². The van der Waals surface area contributed by atoms with Crippen LogP contribution in [-0.4, -0.2) is 5.88 Å². The van der Waals surface area contributed by atoms with Crippen molar-refractivity contribution >= 4 is 33.0 Å². The van der Waals surface area contributed by atoms with Gasteiger partial charge in [0.1, 0.15) is 0 Å². The van der Waals surface area contributed by atoms with Crippen molar-refractivity contribution in [2.75, 3.05) is 5.88 Å². The van der Waals surface area contributed by atoms with Crippen molar-refractivity contribution in [2.24, 2.45) is 0 Å². The second-order valence-electron chi connectivity index (χ2n) is 2.58. The zero-order valence-electron chi connectivity index (χ0n) is 6.88. The number of fused-ring (bicyclic) bond motifs is 1. The second kappa shape index (κ2) is 3.83. The van der Waals surface area contributed by atoms with Gasteiger partial charge in [-0.05, 0) is 6.07 Å². The van der Waals surface area contributed by atoms with E-state index in [0.717, 1.165) is 5.56 Å². The molecule has 0 radical (unpaired) electrons. The van der Waals surface area contributed by atoms with E-state index in [1.807, 2.05) is 12.1 Å². The number of thiophene rings is 1. The van der Waals surface area contributed by atoms with Crippen LogP contribution >= 0.6 is 22.9 Å². The van der Waals surface area contributed by atoms with Gasteiger partial charge in [-0.25, -0.2) is 0 Å². The number of rotatable bonds is 0. The fourth-order valence-corrected chi connectivity index (χ4v) is 2.16. The minimum absolute atomic E-state index is 0.393. The van der Waals surface area contributed by atoms with Crippen molar-refractivity contribution in [1.82, 2.24) is 0 Å². The maximum atomic E-state index is 5.50. The molecule has 13 heavy (non-hydrogen) atoms. The molecule has 0 aliphatic carbocycles. The Morgan fingerprint density at radius 1 is 1.31 bits per heavy atom. The Morgan fingerprint density at radius 3 is 3.00 bits per heavy atom. The summed E-state index contributed by atoms with van der Waals surface area (Å²) in [5, 5.41) is 3.30. The number of benzene rings is 1. The van der Waals surface area contributed by atoms with Crippen LogP contribution in [-0.2, 0) is 0 Å². The zero-order valence-corrected chi connectivity index (χ0v) is 8.45. The van der Waals surface area contributed by atoms with Crippen LogP contribution in [0.15, 0.2) is 29.6 Å². The highest BCUT2D eigenvalue weighted by Crippen LogP contribution is 2.24. The van der Waals surface area contributed by atoms with Gasteiger partial charge in [0.15, 0.2) is 0 Å². The minimum atomic E-state index is 0.393. The minimum Gasteiger partial charge on any atom is -0.142 e. The summed E-state index contributed by atoms with van der Waals surface area (Å²) >= 11 is 7.22. The highest BCUT2D eigenvalue weighted by molar-refractivity contribution is 7.17. The molecule has 1 aromatic carbocycles. The third-order valence-electron chi connectivity index (χ3n) is 1.77. The molecule has 0 aliphatic heterocycles. The second-order valence-corrected chi connectivity index (χ2v) is 3.76. The van der Waals surface area contributed by atoms with Crippen LogP contribution in [0, 0.1) is 11.8 Å². The van der Waals surface area contributed by atoms with Crippen LogP contribution in [0.5, 0.6) is 0 Å². The molecule has 1 aromatic heterocycles. The van der Waals surface area contributed by atoms with E-state index in [9.17, 15) is 0 Å². The lowest BCUT2D eigenvalue weighted by Crippen LogP contribution is -1.69.